The van der Waals surface area contributed by atoms with Crippen LogP contribution in [0.3, 0.4) is 0 Å². The SMILES string of the molecule is CCCC[C@@H]1NC(=O)N(CCOc2cccc(OC)c2)C1=O. The van der Waals surface area contributed by atoms with Gasteiger partial charge in [-0.15, -0.1) is 0 Å². The molecule has 6 nitrogen and oxygen atoms in total. The predicted octanol–water partition coefficient (Wildman–Crippen LogP) is 2.18. The van der Waals surface area contributed by atoms with Crippen molar-refractivity contribution in [2.24, 2.45) is 0 Å². The monoisotopic (exact) mass is 306 g/mol. The number of carbonyl (C=O) groups excluding carboxylic acids is 2. The van der Waals surface area contributed by atoms with Crippen molar-refractivity contribution in [2.75, 3.05) is 20.3 Å². The van der Waals surface area contributed by atoms with E-state index < -0.39 is 0 Å². The average Bonchev–Trinajstić information content (AvgIpc) is 2.80. The van der Waals surface area contributed by atoms with Crippen LogP contribution in [0.1, 0.15) is 26.2 Å². The summed E-state index contributed by atoms with van der Waals surface area (Å²) in [4.78, 5) is 25.2. The van der Waals surface area contributed by atoms with E-state index in [2.05, 4.69) is 12.2 Å². The van der Waals surface area contributed by atoms with Gasteiger partial charge in [-0.2, -0.15) is 0 Å². The third-order valence-electron chi connectivity index (χ3n) is 3.58. The molecule has 1 aromatic rings. The zero-order chi connectivity index (χ0) is 15.9. The van der Waals surface area contributed by atoms with E-state index in [-0.39, 0.29) is 31.1 Å². The first-order chi connectivity index (χ1) is 10.7. The Morgan fingerprint density at radius 3 is 2.77 bits per heavy atom. The highest BCUT2D eigenvalue weighted by atomic mass is 16.5. The number of urea groups is 1. The molecule has 0 unspecified atom stereocenters. The van der Waals surface area contributed by atoms with Crippen LogP contribution >= 0.6 is 0 Å². The molecule has 0 radical (unpaired) electrons. The molecule has 120 valence electrons. The summed E-state index contributed by atoms with van der Waals surface area (Å²) in [7, 11) is 1.59. The van der Waals surface area contributed by atoms with Crippen molar-refractivity contribution >= 4 is 11.9 Å². The van der Waals surface area contributed by atoms with Gasteiger partial charge in [-0.25, -0.2) is 4.79 Å². The Morgan fingerprint density at radius 1 is 1.27 bits per heavy atom. The third kappa shape index (κ3) is 3.90. The minimum absolute atomic E-state index is 0.160. The van der Waals surface area contributed by atoms with Crippen LogP contribution in [0.5, 0.6) is 11.5 Å². The number of rotatable bonds is 8. The van der Waals surface area contributed by atoms with Gasteiger partial charge in [-0.05, 0) is 18.6 Å². The first-order valence-electron chi connectivity index (χ1n) is 7.54. The van der Waals surface area contributed by atoms with Crippen molar-refractivity contribution in [1.29, 1.82) is 0 Å². The standard InChI is InChI=1S/C16H22N2O4/c1-3-4-8-14-15(19)18(16(20)17-14)9-10-22-13-7-5-6-12(11-13)21-2/h5-7,11,14H,3-4,8-10H2,1-2H3,(H,17,20)/t14-/m0/s1. The van der Waals surface area contributed by atoms with Gasteiger partial charge in [0, 0.05) is 6.07 Å². The van der Waals surface area contributed by atoms with Gasteiger partial charge in [0.2, 0.25) is 0 Å². The number of amides is 3. The molecule has 1 N–H and O–H groups in total. The number of benzene rings is 1. The second kappa shape index (κ2) is 7.68. The van der Waals surface area contributed by atoms with Crippen LogP contribution in [0.15, 0.2) is 24.3 Å². The van der Waals surface area contributed by atoms with Crippen molar-refractivity contribution in [3.8, 4) is 11.5 Å². The van der Waals surface area contributed by atoms with Crippen LogP contribution in [-0.4, -0.2) is 43.1 Å². The van der Waals surface area contributed by atoms with Gasteiger partial charge >= 0.3 is 6.03 Å². The average molecular weight is 306 g/mol. The molecule has 1 fully saturated rings. The van der Waals surface area contributed by atoms with E-state index in [1.165, 1.54) is 4.90 Å². The fourth-order valence-corrected chi connectivity index (χ4v) is 2.34. The first-order valence-corrected chi connectivity index (χ1v) is 7.54. The van der Waals surface area contributed by atoms with Crippen molar-refractivity contribution < 1.29 is 19.1 Å². The van der Waals surface area contributed by atoms with Gasteiger partial charge in [0.1, 0.15) is 24.1 Å². The Hall–Kier alpha value is -2.24. The lowest BCUT2D eigenvalue weighted by Gasteiger charge is -2.14. The summed E-state index contributed by atoms with van der Waals surface area (Å²) < 4.78 is 10.7. The summed E-state index contributed by atoms with van der Waals surface area (Å²) in [6.45, 7) is 2.55. The molecule has 0 saturated carbocycles. The van der Waals surface area contributed by atoms with Crippen LogP contribution in [-0.2, 0) is 4.79 Å². The molecule has 2 rings (SSSR count). The van der Waals surface area contributed by atoms with E-state index in [1.807, 2.05) is 12.1 Å². The summed E-state index contributed by atoms with van der Waals surface area (Å²) in [6.07, 6.45) is 2.61. The van der Waals surface area contributed by atoms with Gasteiger partial charge in [0.05, 0.1) is 13.7 Å². The smallest absolute Gasteiger partial charge is 0.324 e. The number of ether oxygens (including phenoxy) is 2. The number of hydrogen-bond donors (Lipinski definition) is 1. The minimum atomic E-state index is -0.385. The van der Waals surface area contributed by atoms with E-state index in [1.54, 1.807) is 19.2 Å². The molecule has 1 saturated heterocycles. The highest BCUT2D eigenvalue weighted by molar-refractivity contribution is 6.04. The van der Waals surface area contributed by atoms with Gasteiger partial charge in [0.15, 0.2) is 0 Å². The molecular formula is C16H22N2O4. The Balaban J connectivity index is 1.83. The molecule has 0 aliphatic carbocycles. The fourth-order valence-electron chi connectivity index (χ4n) is 2.34. The number of imide groups is 1. The fraction of sp³-hybridized carbons (Fsp3) is 0.500. The quantitative estimate of drug-likeness (QED) is 0.748. The Morgan fingerprint density at radius 2 is 2.05 bits per heavy atom. The van der Waals surface area contributed by atoms with Crippen molar-refractivity contribution in [3.05, 3.63) is 24.3 Å². The third-order valence-corrected chi connectivity index (χ3v) is 3.58. The largest absolute Gasteiger partial charge is 0.497 e. The molecule has 3 amide bonds. The summed E-state index contributed by atoms with van der Waals surface area (Å²) in [5.74, 6) is 1.19. The number of unbranched alkanes of at least 4 members (excludes halogenated alkanes) is 1. The summed E-state index contributed by atoms with van der Waals surface area (Å²) in [5.41, 5.74) is 0. The topological polar surface area (TPSA) is 67.9 Å². The molecule has 1 aromatic carbocycles. The maximum atomic E-state index is 12.1. The van der Waals surface area contributed by atoms with Crippen molar-refractivity contribution in [1.82, 2.24) is 10.2 Å². The van der Waals surface area contributed by atoms with E-state index >= 15 is 0 Å². The van der Waals surface area contributed by atoms with Gasteiger partial charge < -0.3 is 14.8 Å². The lowest BCUT2D eigenvalue weighted by atomic mass is 10.1. The number of hydrogen-bond acceptors (Lipinski definition) is 4. The van der Waals surface area contributed by atoms with Gasteiger partial charge in [0.25, 0.3) is 5.91 Å². The summed E-state index contributed by atoms with van der Waals surface area (Å²) >= 11 is 0. The van der Waals surface area contributed by atoms with Crippen LogP contribution < -0.4 is 14.8 Å². The molecule has 1 atom stereocenters. The summed E-state index contributed by atoms with van der Waals surface area (Å²) in [6, 6.07) is 6.49. The Labute approximate surface area is 130 Å². The normalized spacial score (nSPS) is 17.5. The second-order valence-corrected chi connectivity index (χ2v) is 5.16. The lowest BCUT2D eigenvalue weighted by molar-refractivity contribution is -0.127. The van der Waals surface area contributed by atoms with Crippen LogP contribution in [0.2, 0.25) is 0 Å². The Kier molecular flexibility index (Phi) is 5.63. The number of nitrogens with zero attached hydrogens (tertiary/aromatic N) is 1. The van der Waals surface area contributed by atoms with Crippen molar-refractivity contribution in [3.63, 3.8) is 0 Å². The molecule has 1 heterocycles. The van der Waals surface area contributed by atoms with Crippen LogP contribution in [0, 0.1) is 0 Å². The maximum Gasteiger partial charge on any atom is 0.324 e. The molecule has 1 aliphatic heterocycles. The number of nitrogens with one attached hydrogen (secondary N) is 1. The van der Waals surface area contributed by atoms with Crippen LogP contribution in [0.25, 0.3) is 0 Å². The van der Waals surface area contributed by atoms with Gasteiger partial charge in [-0.1, -0.05) is 25.8 Å². The number of methoxy groups -OCH3 is 1. The van der Waals surface area contributed by atoms with Gasteiger partial charge in [-0.3, -0.25) is 9.69 Å². The molecule has 0 spiro atoms. The molecule has 0 aromatic heterocycles. The highest BCUT2D eigenvalue weighted by Gasteiger charge is 2.36. The molecule has 0 bridgehead atoms. The van der Waals surface area contributed by atoms with E-state index in [0.717, 1.165) is 12.8 Å². The second-order valence-electron chi connectivity index (χ2n) is 5.16. The zero-order valence-electron chi connectivity index (χ0n) is 13.0. The first kappa shape index (κ1) is 16.1. The highest BCUT2D eigenvalue weighted by Crippen LogP contribution is 2.19. The lowest BCUT2D eigenvalue weighted by Crippen LogP contribution is -2.35. The maximum absolute atomic E-state index is 12.1. The zero-order valence-corrected chi connectivity index (χ0v) is 13.0. The van der Waals surface area contributed by atoms with E-state index in [9.17, 15) is 9.59 Å². The van der Waals surface area contributed by atoms with Crippen molar-refractivity contribution in [2.45, 2.75) is 32.2 Å². The molecule has 22 heavy (non-hydrogen) atoms. The molecular weight excluding hydrogens is 284 g/mol. The number of carbonyl (C=O) groups is 2. The van der Waals surface area contributed by atoms with Crippen LogP contribution in [0.4, 0.5) is 4.79 Å². The van der Waals surface area contributed by atoms with E-state index in [0.29, 0.717) is 17.9 Å². The minimum Gasteiger partial charge on any atom is -0.497 e. The van der Waals surface area contributed by atoms with E-state index in [4.69, 9.17) is 9.47 Å². The molecule has 1 aliphatic rings. The molecule has 6 heteroatoms. The summed E-state index contributed by atoms with van der Waals surface area (Å²) in [5, 5.41) is 2.72. The Bertz CT molecular complexity index is 533. The predicted molar refractivity (Wildman–Crippen MR) is 82.0 cm³/mol.